The van der Waals surface area contributed by atoms with Crippen LogP contribution in [0.25, 0.3) is 0 Å². The van der Waals surface area contributed by atoms with E-state index in [4.69, 9.17) is 4.98 Å². The minimum Gasteiger partial charge on any atom is -0.339 e. The van der Waals surface area contributed by atoms with Crippen LogP contribution in [0.2, 0.25) is 0 Å². The van der Waals surface area contributed by atoms with Gasteiger partial charge in [0, 0.05) is 21.5 Å². The van der Waals surface area contributed by atoms with Crippen molar-refractivity contribution in [2.24, 2.45) is 0 Å². The predicted octanol–water partition coefficient (Wildman–Crippen LogP) is 8.36. The van der Waals surface area contributed by atoms with Crippen molar-refractivity contribution in [1.29, 1.82) is 0 Å². The van der Waals surface area contributed by atoms with Gasteiger partial charge in [0.25, 0.3) is 0 Å². The molecule has 0 radical (unpaired) electrons. The Hall–Kier alpha value is -2.67. The number of aromatic nitrogens is 1. The fourth-order valence-corrected chi connectivity index (χ4v) is 8.23. The predicted molar refractivity (Wildman–Crippen MR) is 166 cm³/mol. The summed E-state index contributed by atoms with van der Waals surface area (Å²) in [5, 5.41) is 7.31. The Morgan fingerprint density at radius 2 is 2.03 bits per heavy atom. The van der Waals surface area contributed by atoms with Crippen LogP contribution in [0.1, 0.15) is 58.8 Å². The van der Waals surface area contributed by atoms with Gasteiger partial charge in [-0.1, -0.05) is 58.4 Å². The van der Waals surface area contributed by atoms with E-state index in [0.717, 1.165) is 51.2 Å². The highest BCUT2D eigenvalue weighted by Crippen LogP contribution is 2.44. The topological polar surface area (TPSA) is 42.0 Å². The highest BCUT2D eigenvalue weighted by molar-refractivity contribution is 9.10. The summed E-state index contributed by atoms with van der Waals surface area (Å²) in [5.74, 6) is 0.431. The van der Waals surface area contributed by atoms with Crippen molar-refractivity contribution in [1.82, 2.24) is 10.3 Å². The van der Waals surface area contributed by atoms with Gasteiger partial charge in [-0.15, -0.1) is 11.8 Å². The number of hydrogen-bond acceptors (Lipinski definition) is 4. The van der Waals surface area contributed by atoms with Gasteiger partial charge < -0.3 is 5.32 Å². The quantitative estimate of drug-likeness (QED) is 0.222. The molecule has 3 heterocycles. The van der Waals surface area contributed by atoms with Gasteiger partial charge in [0.2, 0.25) is 5.91 Å². The first-order valence-corrected chi connectivity index (χ1v) is 16.0. The highest BCUT2D eigenvalue weighted by Gasteiger charge is 2.46. The third-order valence-corrected chi connectivity index (χ3v) is 10.7. The molecule has 198 valence electrons. The van der Waals surface area contributed by atoms with Crippen molar-refractivity contribution in [3.8, 4) is 0 Å². The van der Waals surface area contributed by atoms with Crippen molar-refractivity contribution in [3.05, 3.63) is 128 Å². The Morgan fingerprint density at radius 1 is 1.15 bits per heavy atom. The van der Waals surface area contributed by atoms with Crippen molar-refractivity contribution >= 4 is 44.9 Å². The monoisotopic (exact) mass is 614 g/mol. The Morgan fingerprint density at radius 3 is 2.82 bits per heavy atom. The number of fused-ring (bicyclic) bond motifs is 1. The lowest BCUT2D eigenvalue weighted by molar-refractivity contribution is -0.122. The van der Waals surface area contributed by atoms with Gasteiger partial charge in [-0.2, -0.15) is 11.3 Å². The molecule has 1 fully saturated rings. The Labute approximate surface area is 247 Å². The maximum absolute atomic E-state index is 13.8. The zero-order valence-electron chi connectivity index (χ0n) is 22.0. The lowest BCUT2D eigenvalue weighted by Gasteiger charge is -2.41. The summed E-state index contributed by atoms with van der Waals surface area (Å²) in [4.78, 5) is 20.1. The molecule has 39 heavy (non-hydrogen) atoms. The summed E-state index contributed by atoms with van der Waals surface area (Å²) >= 11 is 6.90. The van der Waals surface area contributed by atoms with Gasteiger partial charge in [0.15, 0.2) is 0 Å². The molecule has 1 saturated heterocycles. The molecule has 3 unspecified atom stereocenters. The van der Waals surface area contributed by atoms with Crippen LogP contribution < -0.4 is 5.32 Å². The number of pyridine rings is 1. The number of carbonyl (C=O) groups excluding carboxylic acids is 1. The number of aryl methyl sites for hydroxylation is 2. The largest absolute Gasteiger partial charge is 0.339 e. The van der Waals surface area contributed by atoms with Gasteiger partial charge in [0.05, 0.1) is 5.69 Å². The average molecular weight is 616 g/mol. The molecule has 6 heteroatoms. The smallest absolute Gasteiger partial charge is 0.238 e. The number of halogens is 1. The van der Waals surface area contributed by atoms with E-state index >= 15 is 0 Å². The van der Waals surface area contributed by atoms with Crippen molar-refractivity contribution in [2.75, 3.05) is 0 Å². The molecule has 0 spiro atoms. The molecule has 2 aromatic heterocycles. The van der Waals surface area contributed by atoms with E-state index in [1.807, 2.05) is 12.1 Å². The van der Waals surface area contributed by atoms with Crippen LogP contribution in [0.3, 0.4) is 0 Å². The first-order valence-electron chi connectivity index (χ1n) is 13.4. The van der Waals surface area contributed by atoms with Crippen LogP contribution in [-0.4, -0.2) is 16.1 Å². The molecule has 3 atom stereocenters. The minimum absolute atomic E-state index is 0.0102. The normalized spacial score (nSPS) is 22.8. The van der Waals surface area contributed by atoms with E-state index in [1.54, 1.807) is 23.1 Å². The Balaban J connectivity index is 1.32. The van der Waals surface area contributed by atoms with Gasteiger partial charge in [0.1, 0.15) is 10.8 Å². The van der Waals surface area contributed by atoms with Gasteiger partial charge in [-0.3, -0.25) is 9.78 Å². The molecular weight excluding hydrogens is 584 g/mol. The first kappa shape index (κ1) is 26.5. The molecule has 3 nitrogen and oxygen atoms in total. The number of piperidine rings is 1. The first-order chi connectivity index (χ1) is 18.9. The van der Waals surface area contributed by atoms with Crippen molar-refractivity contribution in [2.45, 2.75) is 60.6 Å². The Bertz CT molecular complexity index is 1510. The molecule has 4 aromatic rings. The maximum atomic E-state index is 13.8. The van der Waals surface area contributed by atoms with Gasteiger partial charge in [-0.25, -0.2) is 0 Å². The number of thiophene rings is 1. The number of carbonyl (C=O) groups is 1. The Kier molecular flexibility index (Phi) is 7.54. The van der Waals surface area contributed by atoms with Crippen LogP contribution in [0.15, 0.2) is 99.0 Å². The number of rotatable bonds is 6. The molecule has 6 rings (SSSR count). The molecule has 1 aliphatic carbocycles. The SMILES string of the molecule is C=C1CC(c2ccsc2)(c2cccc(CC3CCCc4ccc(Br)cc43)n2)NC(=O)C1Sc1ccccc1C. The van der Waals surface area contributed by atoms with Crippen LogP contribution in [-0.2, 0) is 23.2 Å². The number of amides is 1. The zero-order chi connectivity index (χ0) is 27.0. The molecule has 0 bridgehead atoms. The molecule has 0 saturated carbocycles. The molecule has 1 amide bonds. The fourth-order valence-electron chi connectivity index (χ4n) is 6.04. The number of benzene rings is 2. The highest BCUT2D eigenvalue weighted by atomic mass is 79.9. The van der Waals surface area contributed by atoms with Gasteiger partial charge >= 0.3 is 0 Å². The summed E-state index contributed by atoms with van der Waals surface area (Å²) in [5.41, 5.74) is 7.28. The van der Waals surface area contributed by atoms with E-state index in [9.17, 15) is 4.79 Å². The van der Waals surface area contributed by atoms with Crippen LogP contribution in [0.4, 0.5) is 0 Å². The number of nitrogens with one attached hydrogen (secondary N) is 1. The third-order valence-electron chi connectivity index (χ3n) is 8.04. The molecule has 2 aromatic carbocycles. The van der Waals surface area contributed by atoms with Crippen LogP contribution in [0, 0.1) is 6.92 Å². The second kappa shape index (κ2) is 11.1. The third kappa shape index (κ3) is 5.27. The van der Waals surface area contributed by atoms with E-state index < -0.39 is 5.54 Å². The molecular formula is C33H31BrN2OS2. The maximum Gasteiger partial charge on any atom is 0.238 e. The van der Waals surface area contributed by atoms with Crippen LogP contribution in [0.5, 0.6) is 0 Å². The standard InChI is InChI=1S/C33H31BrN2OS2/c1-21-7-3-4-11-29(21)39-31-22(2)19-33(36-32(31)37,25-15-16-38-20-25)30-12-6-10-27(35-30)17-24-9-5-8-23-13-14-26(34)18-28(23)24/h3-4,6-7,10-16,18,20,24,31H,2,5,8-9,17,19H2,1H3,(H,36,37). The summed E-state index contributed by atoms with van der Waals surface area (Å²) in [6.45, 7) is 6.52. The molecule has 1 N–H and O–H groups in total. The van der Waals surface area contributed by atoms with E-state index in [2.05, 4.69) is 100 Å². The number of thioether (sulfide) groups is 1. The van der Waals surface area contributed by atoms with Gasteiger partial charge in [-0.05, 0) is 108 Å². The lowest BCUT2D eigenvalue weighted by Crippen LogP contribution is -2.55. The lowest BCUT2D eigenvalue weighted by atomic mass is 9.78. The minimum atomic E-state index is -0.722. The number of nitrogens with zero attached hydrogens (tertiary/aromatic N) is 1. The summed E-state index contributed by atoms with van der Waals surface area (Å²) in [6.07, 6.45) is 5.01. The summed E-state index contributed by atoms with van der Waals surface area (Å²) in [6, 6.07) is 23.3. The molecule has 1 aliphatic heterocycles. The zero-order valence-corrected chi connectivity index (χ0v) is 25.2. The second-order valence-corrected chi connectivity index (χ2v) is 13.5. The molecule has 2 aliphatic rings. The second-order valence-electron chi connectivity index (χ2n) is 10.7. The van der Waals surface area contributed by atoms with E-state index in [0.29, 0.717) is 12.3 Å². The fraction of sp³-hybridized carbons (Fsp3) is 0.273. The average Bonchev–Trinajstić information content (AvgIpc) is 3.48. The van der Waals surface area contributed by atoms with Crippen molar-refractivity contribution < 1.29 is 4.79 Å². The van der Waals surface area contributed by atoms with Crippen molar-refractivity contribution in [3.63, 3.8) is 0 Å². The van der Waals surface area contributed by atoms with E-state index in [1.165, 1.54) is 23.1 Å². The van der Waals surface area contributed by atoms with Crippen LogP contribution >= 0.6 is 39.0 Å². The van der Waals surface area contributed by atoms with E-state index in [-0.39, 0.29) is 11.2 Å². The number of hydrogen-bond donors (Lipinski definition) is 1. The summed E-state index contributed by atoms with van der Waals surface area (Å²) < 4.78 is 1.13. The summed E-state index contributed by atoms with van der Waals surface area (Å²) in [7, 11) is 0.